The first-order chi connectivity index (χ1) is 3.27. The second-order valence-electron chi connectivity index (χ2n) is 1.22. The van der Waals surface area contributed by atoms with E-state index in [1.54, 1.807) is 0 Å². The van der Waals surface area contributed by atoms with E-state index in [1.807, 2.05) is 6.92 Å². The minimum absolute atomic E-state index is 0.633. The van der Waals surface area contributed by atoms with Gasteiger partial charge in [0, 0.05) is 0 Å². The maximum absolute atomic E-state index is 10.2. The highest BCUT2D eigenvalue weighted by Gasteiger charge is 1.83. The average Bonchev–Trinajstić information content (AvgIpc) is 1.61. The monoisotopic (exact) mass is 138 g/mol. The minimum atomic E-state index is -0.927. The van der Waals surface area contributed by atoms with Crippen LogP contribution in [-0.4, -0.2) is 20.2 Å². The summed E-state index contributed by atoms with van der Waals surface area (Å²) in [6.07, 6.45) is 0.952. The molecule has 0 bridgehead atoms. The van der Waals surface area contributed by atoms with Crippen molar-refractivity contribution in [1.82, 2.24) is 0 Å². The summed E-state index contributed by atoms with van der Waals surface area (Å²) in [6.45, 7) is 2.63. The molecule has 0 heterocycles. The van der Waals surface area contributed by atoms with E-state index in [9.17, 15) is 4.21 Å². The van der Waals surface area contributed by atoms with Gasteiger partial charge in [0.25, 0.3) is 0 Å². The molecule has 0 aliphatic heterocycles. The third-order valence-electron chi connectivity index (χ3n) is 0.453. The van der Waals surface area contributed by atoms with E-state index in [4.69, 9.17) is 4.18 Å². The first-order valence-electron chi connectivity index (χ1n) is 2.24. The highest BCUT2D eigenvalue weighted by Crippen LogP contribution is 1.80. The Labute approximate surface area is 49.0 Å². The van der Waals surface area contributed by atoms with E-state index in [2.05, 4.69) is 0 Å². The molecule has 1 unspecified atom stereocenters. The van der Waals surface area contributed by atoms with Crippen LogP contribution in [0.25, 0.3) is 0 Å². The van der Waals surface area contributed by atoms with E-state index in [1.165, 1.54) is 0 Å². The van der Waals surface area contributed by atoms with Crippen molar-refractivity contribution in [2.45, 2.75) is 13.3 Å². The summed E-state index contributed by atoms with van der Waals surface area (Å²) in [5.41, 5.74) is 0. The van der Waals surface area contributed by atoms with Gasteiger partial charge in [-0.25, -0.2) is 4.21 Å². The van der Waals surface area contributed by atoms with E-state index < -0.39 is 10.5 Å². The maximum Gasteiger partial charge on any atom is 0.146 e. The quantitative estimate of drug-likeness (QED) is 0.485. The summed E-state index contributed by atoms with van der Waals surface area (Å²) < 4.78 is 14.9. The van der Waals surface area contributed by atoms with Crippen LogP contribution in [0.2, 0.25) is 0 Å². The van der Waals surface area contributed by atoms with Crippen LogP contribution in [-0.2, 0) is 14.7 Å². The molecule has 0 fully saturated rings. The van der Waals surface area contributed by atoms with Gasteiger partial charge in [0.05, 0.1) is 6.61 Å². The van der Waals surface area contributed by atoms with Crippen molar-refractivity contribution >= 4 is 19.9 Å². The smallest absolute Gasteiger partial charge is 0.146 e. The molecule has 1 atom stereocenters. The average molecular weight is 138 g/mol. The van der Waals surface area contributed by atoms with E-state index in [-0.39, 0.29) is 0 Å². The molecule has 0 N–H and O–H groups in total. The molecule has 0 spiro atoms. The predicted octanol–water partition coefficient (Wildman–Crippen LogP) is -0.643. The molecule has 0 aliphatic carbocycles. The summed E-state index contributed by atoms with van der Waals surface area (Å²) in [6, 6.07) is 0. The van der Waals surface area contributed by atoms with Crippen LogP contribution < -0.4 is 0 Å². The third kappa shape index (κ3) is 6.33. The molecule has 0 aromatic carbocycles. The van der Waals surface area contributed by atoms with Crippen molar-refractivity contribution in [3.63, 3.8) is 0 Å². The first-order valence-corrected chi connectivity index (χ1v) is 6.17. The molecule has 0 aliphatic rings. The van der Waals surface area contributed by atoms with Gasteiger partial charge in [-0.15, -0.1) is 0 Å². The van der Waals surface area contributed by atoms with Crippen molar-refractivity contribution < 1.29 is 8.39 Å². The second kappa shape index (κ2) is 4.48. The van der Waals surface area contributed by atoms with Gasteiger partial charge >= 0.3 is 0 Å². The molecule has 7 heavy (non-hydrogen) atoms. The highest BCUT2D eigenvalue weighted by molar-refractivity contribution is 8.02. The molecule has 44 valence electrons. The predicted molar refractivity (Wildman–Crippen MR) is 34.3 cm³/mol. The Hall–Kier alpha value is 0.327. The van der Waals surface area contributed by atoms with Gasteiger partial charge in [-0.05, 0) is 6.42 Å². The largest absolute Gasteiger partial charge is 0.297 e. The van der Waals surface area contributed by atoms with Crippen molar-refractivity contribution in [2.24, 2.45) is 0 Å². The summed E-state index contributed by atoms with van der Waals surface area (Å²) in [5, 5.41) is 0. The van der Waals surface area contributed by atoms with Gasteiger partial charge in [0.1, 0.15) is 19.9 Å². The van der Waals surface area contributed by atoms with E-state index in [0.29, 0.717) is 16.0 Å². The summed E-state index contributed by atoms with van der Waals surface area (Å²) >= 11 is 0. The molecule has 2 nitrogen and oxygen atoms in total. The lowest BCUT2D eigenvalue weighted by atomic mass is 10.5. The van der Waals surface area contributed by atoms with Gasteiger partial charge in [0.2, 0.25) is 0 Å². The number of hydrogen-bond acceptors (Lipinski definition) is 2. The first kappa shape index (κ1) is 7.33. The summed E-state index contributed by atoms with van der Waals surface area (Å²) in [5.74, 6) is 0. The van der Waals surface area contributed by atoms with Crippen molar-refractivity contribution in [3.8, 4) is 0 Å². The standard InChI is InChI=1S/C3H10O2SSi/c1-2-3-5-6(4)7/h2-3H2,1,7H3. The normalized spacial score (nSPS) is 14.4. The molecule has 4 heteroatoms. The van der Waals surface area contributed by atoms with Crippen LogP contribution in [0, 0.1) is 0 Å². The van der Waals surface area contributed by atoms with Gasteiger partial charge in [0.15, 0.2) is 0 Å². The fourth-order valence-corrected chi connectivity index (χ4v) is 1.10. The second-order valence-corrected chi connectivity index (χ2v) is 4.26. The Bertz CT molecular complexity index is 66.0. The maximum atomic E-state index is 10.2. The number of hydrogen-bond donors (Lipinski definition) is 0. The van der Waals surface area contributed by atoms with Crippen LogP contribution in [0.5, 0.6) is 0 Å². The van der Waals surface area contributed by atoms with Crippen LogP contribution in [0.15, 0.2) is 0 Å². The molecule has 0 saturated heterocycles. The van der Waals surface area contributed by atoms with Crippen molar-refractivity contribution in [3.05, 3.63) is 0 Å². The zero-order chi connectivity index (χ0) is 5.70. The topological polar surface area (TPSA) is 26.3 Å². The highest BCUT2D eigenvalue weighted by atomic mass is 32.4. The molecular weight excluding hydrogens is 128 g/mol. The minimum Gasteiger partial charge on any atom is -0.297 e. The Kier molecular flexibility index (Phi) is 4.69. The lowest BCUT2D eigenvalue weighted by molar-refractivity contribution is 0.355. The van der Waals surface area contributed by atoms with Gasteiger partial charge in [-0.1, -0.05) is 6.92 Å². The fraction of sp³-hybridized carbons (Fsp3) is 1.00. The molecule has 0 rings (SSSR count). The van der Waals surface area contributed by atoms with Gasteiger partial charge < -0.3 is 0 Å². The lowest BCUT2D eigenvalue weighted by Crippen LogP contribution is -1.95. The molecule has 0 radical (unpaired) electrons. The van der Waals surface area contributed by atoms with E-state index in [0.717, 1.165) is 6.42 Å². The molecule has 0 aromatic heterocycles. The van der Waals surface area contributed by atoms with Crippen molar-refractivity contribution in [2.75, 3.05) is 6.61 Å². The van der Waals surface area contributed by atoms with Crippen LogP contribution in [0.4, 0.5) is 0 Å². The van der Waals surface area contributed by atoms with Crippen LogP contribution in [0.1, 0.15) is 13.3 Å². The summed E-state index contributed by atoms with van der Waals surface area (Å²) in [7, 11) is -0.293. The van der Waals surface area contributed by atoms with Gasteiger partial charge in [-0.3, -0.25) is 4.18 Å². The lowest BCUT2D eigenvalue weighted by Gasteiger charge is -1.91. The van der Waals surface area contributed by atoms with Crippen LogP contribution >= 0.6 is 0 Å². The molecule has 0 aromatic rings. The third-order valence-corrected chi connectivity index (χ3v) is 1.66. The van der Waals surface area contributed by atoms with Crippen LogP contribution in [0.3, 0.4) is 0 Å². The Morgan fingerprint density at radius 1 is 1.86 bits per heavy atom. The summed E-state index contributed by atoms with van der Waals surface area (Å²) in [4.78, 5) is 0. The SMILES string of the molecule is CCCOS(=O)[SiH3]. The van der Waals surface area contributed by atoms with Gasteiger partial charge in [-0.2, -0.15) is 0 Å². The molecule has 0 saturated carbocycles. The van der Waals surface area contributed by atoms with Crippen molar-refractivity contribution in [1.29, 1.82) is 0 Å². The zero-order valence-corrected chi connectivity index (χ0v) is 7.46. The molecular formula is C3H10O2SSi. The Morgan fingerprint density at radius 3 is 2.57 bits per heavy atom. The zero-order valence-electron chi connectivity index (χ0n) is 4.64. The molecule has 0 amide bonds. The Balaban J connectivity index is 2.82. The van der Waals surface area contributed by atoms with E-state index >= 15 is 0 Å². The number of rotatable bonds is 3. The Morgan fingerprint density at radius 2 is 2.43 bits per heavy atom. The fourth-order valence-electron chi connectivity index (χ4n) is 0.201.